The second-order valence-corrected chi connectivity index (χ2v) is 9.26. The van der Waals surface area contributed by atoms with Crippen molar-refractivity contribution in [2.75, 3.05) is 49.1 Å². The second kappa shape index (κ2) is 7.04. The van der Waals surface area contributed by atoms with Gasteiger partial charge in [-0.3, -0.25) is 4.99 Å². The molecule has 0 amide bonds. The van der Waals surface area contributed by atoms with Crippen LogP contribution in [0.2, 0.25) is 0 Å². The molecule has 0 atom stereocenters. The molecule has 0 aliphatic carbocycles. The van der Waals surface area contributed by atoms with Crippen molar-refractivity contribution in [3.8, 4) is 0 Å². The minimum atomic E-state index is -2.80. The van der Waals surface area contributed by atoms with Gasteiger partial charge in [-0.15, -0.1) is 11.3 Å². The van der Waals surface area contributed by atoms with Crippen LogP contribution < -0.4 is 10.6 Å². The minimum absolute atomic E-state index is 0.291. The Bertz CT molecular complexity index is 622. The van der Waals surface area contributed by atoms with Crippen LogP contribution in [0, 0.1) is 5.92 Å². The Labute approximate surface area is 141 Å². The van der Waals surface area contributed by atoms with Gasteiger partial charge in [-0.1, -0.05) is 0 Å². The molecule has 3 rings (SSSR count). The number of aromatic nitrogens is 1. The number of thiazole rings is 1. The number of sulfone groups is 1. The smallest absolute Gasteiger partial charge is 0.191 e. The minimum Gasteiger partial charge on any atom is -0.370 e. The van der Waals surface area contributed by atoms with Crippen molar-refractivity contribution in [3.63, 3.8) is 0 Å². The van der Waals surface area contributed by atoms with E-state index in [1.54, 1.807) is 11.3 Å². The molecule has 2 saturated heterocycles. The molecule has 1 aromatic rings. The number of rotatable bonds is 3. The molecular weight excluding hydrogens is 334 g/mol. The maximum Gasteiger partial charge on any atom is 0.191 e. The predicted octanol–water partition coefficient (Wildman–Crippen LogP) is 0.405. The van der Waals surface area contributed by atoms with Gasteiger partial charge in [-0.25, -0.2) is 13.4 Å². The number of aliphatic imine (C=N–C) groups is 1. The maximum atomic E-state index is 11.4. The van der Waals surface area contributed by atoms with Gasteiger partial charge in [-0.2, -0.15) is 0 Å². The molecule has 23 heavy (non-hydrogen) atoms. The van der Waals surface area contributed by atoms with Gasteiger partial charge in [0.1, 0.15) is 9.84 Å². The third-order valence-corrected chi connectivity index (χ3v) is 7.03. The van der Waals surface area contributed by atoms with Crippen LogP contribution in [0.3, 0.4) is 0 Å². The predicted molar refractivity (Wildman–Crippen MR) is 93.8 cm³/mol. The number of nitrogens with two attached hydrogens (primary N) is 1. The Balaban J connectivity index is 1.46. The van der Waals surface area contributed by atoms with E-state index in [1.807, 2.05) is 11.6 Å². The number of nitrogens with zero attached hydrogens (tertiary/aromatic N) is 4. The number of guanidine groups is 1. The van der Waals surface area contributed by atoms with E-state index in [0.717, 1.165) is 31.3 Å². The highest BCUT2D eigenvalue weighted by Gasteiger charge is 2.24. The summed E-state index contributed by atoms with van der Waals surface area (Å²) in [5.74, 6) is 1.50. The van der Waals surface area contributed by atoms with E-state index in [2.05, 4.69) is 19.8 Å². The Morgan fingerprint density at radius 1 is 1.30 bits per heavy atom. The summed E-state index contributed by atoms with van der Waals surface area (Å²) in [5, 5.41) is 3.05. The average Bonchev–Trinajstić information content (AvgIpc) is 3.08. The molecule has 0 spiro atoms. The topological polar surface area (TPSA) is 91.9 Å². The van der Waals surface area contributed by atoms with Gasteiger partial charge >= 0.3 is 0 Å². The van der Waals surface area contributed by atoms with Crippen molar-refractivity contribution < 1.29 is 8.42 Å². The standard InChI is InChI=1S/C14H23N5O2S2/c15-13(17-11-12-1-9-23(20,21)10-2-12)18-4-6-19(7-5-18)14-16-3-8-22-14/h3,8,12H,1-2,4-7,9-11H2,(H2,15,17). The van der Waals surface area contributed by atoms with Crippen molar-refractivity contribution in [3.05, 3.63) is 11.6 Å². The molecule has 0 radical (unpaired) electrons. The lowest BCUT2D eigenvalue weighted by Gasteiger charge is -2.35. The molecule has 7 nitrogen and oxygen atoms in total. The molecule has 2 aliphatic rings. The fourth-order valence-corrected chi connectivity index (χ4v) is 5.23. The Morgan fingerprint density at radius 2 is 2.00 bits per heavy atom. The lowest BCUT2D eigenvalue weighted by atomic mass is 10.0. The molecule has 1 aromatic heterocycles. The van der Waals surface area contributed by atoms with E-state index in [-0.39, 0.29) is 0 Å². The normalized spacial score (nSPS) is 23.2. The number of hydrogen-bond acceptors (Lipinski definition) is 6. The van der Waals surface area contributed by atoms with E-state index in [0.29, 0.717) is 42.8 Å². The maximum absolute atomic E-state index is 11.4. The highest BCUT2D eigenvalue weighted by atomic mass is 32.2. The summed E-state index contributed by atoms with van der Waals surface area (Å²) in [6, 6.07) is 0. The molecule has 0 saturated carbocycles. The molecular formula is C14H23N5O2S2. The molecule has 0 unspecified atom stereocenters. The molecule has 0 aromatic carbocycles. The molecule has 9 heteroatoms. The number of piperazine rings is 1. The zero-order valence-corrected chi connectivity index (χ0v) is 14.7. The van der Waals surface area contributed by atoms with E-state index < -0.39 is 9.84 Å². The molecule has 2 aliphatic heterocycles. The van der Waals surface area contributed by atoms with Gasteiger partial charge in [0, 0.05) is 44.3 Å². The molecule has 2 fully saturated rings. The Kier molecular flexibility index (Phi) is 5.05. The number of hydrogen-bond donors (Lipinski definition) is 1. The van der Waals surface area contributed by atoms with E-state index in [4.69, 9.17) is 5.73 Å². The van der Waals surface area contributed by atoms with Gasteiger partial charge in [0.05, 0.1) is 11.5 Å². The fourth-order valence-electron chi connectivity index (χ4n) is 2.94. The van der Waals surface area contributed by atoms with Crippen LogP contribution in [0.5, 0.6) is 0 Å². The van der Waals surface area contributed by atoms with Crippen molar-refractivity contribution in [1.82, 2.24) is 9.88 Å². The average molecular weight is 358 g/mol. The van der Waals surface area contributed by atoms with Gasteiger partial charge in [0.15, 0.2) is 11.1 Å². The largest absolute Gasteiger partial charge is 0.370 e. The van der Waals surface area contributed by atoms with Crippen molar-refractivity contribution in [2.45, 2.75) is 12.8 Å². The van der Waals surface area contributed by atoms with E-state index >= 15 is 0 Å². The summed E-state index contributed by atoms with van der Waals surface area (Å²) in [5.41, 5.74) is 6.11. The van der Waals surface area contributed by atoms with Crippen LogP contribution in [0.15, 0.2) is 16.6 Å². The summed E-state index contributed by atoms with van der Waals surface area (Å²) in [6.07, 6.45) is 3.24. The van der Waals surface area contributed by atoms with Crippen LogP contribution in [0.25, 0.3) is 0 Å². The molecule has 0 bridgehead atoms. The van der Waals surface area contributed by atoms with Crippen molar-refractivity contribution in [1.29, 1.82) is 0 Å². The van der Waals surface area contributed by atoms with Crippen LogP contribution in [-0.4, -0.2) is 68.5 Å². The molecule has 3 heterocycles. The highest BCUT2D eigenvalue weighted by molar-refractivity contribution is 7.91. The monoisotopic (exact) mass is 357 g/mol. The third kappa shape index (κ3) is 4.35. The zero-order valence-electron chi connectivity index (χ0n) is 13.1. The van der Waals surface area contributed by atoms with Crippen LogP contribution in [0.1, 0.15) is 12.8 Å². The lowest BCUT2D eigenvalue weighted by Crippen LogP contribution is -2.51. The van der Waals surface area contributed by atoms with Crippen LogP contribution in [-0.2, 0) is 9.84 Å². The first-order valence-electron chi connectivity index (χ1n) is 7.93. The van der Waals surface area contributed by atoms with E-state index in [9.17, 15) is 8.42 Å². The van der Waals surface area contributed by atoms with Crippen LogP contribution >= 0.6 is 11.3 Å². The Hall–Kier alpha value is -1.35. The third-order valence-electron chi connectivity index (χ3n) is 4.48. The molecule has 2 N–H and O–H groups in total. The van der Waals surface area contributed by atoms with Gasteiger partial charge in [-0.05, 0) is 18.8 Å². The second-order valence-electron chi connectivity index (χ2n) is 6.08. The van der Waals surface area contributed by atoms with Gasteiger partial charge < -0.3 is 15.5 Å². The lowest BCUT2D eigenvalue weighted by molar-refractivity contribution is 0.378. The molecule has 128 valence electrons. The summed E-state index contributed by atoms with van der Waals surface area (Å²) < 4.78 is 22.9. The summed E-state index contributed by atoms with van der Waals surface area (Å²) in [6.45, 7) is 4.10. The highest BCUT2D eigenvalue weighted by Crippen LogP contribution is 2.20. The first kappa shape index (κ1) is 16.5. The summed E-state index contributed by atoms with van der Waals surface area (Å²) >= 11 is 1.65. The van der Waals surface area contributed by atoms with Gasteiger partial charge in [0.2, 0.25) is 0 Å². The first-order chi connectivity index (χ1) is 11.0. The van der Waals surface area contributed by atoms with Crippen LogP contribution in [0.4, 0.5) is 5.13 Å². The van der Waals surface area contributed by atoms with Crippen molar-refractivity contribution >= 4 is 32.3 Å². The zero-order chi connectivity index (χ0) is 16.3. The Morgan fingerprint density at radius 3 is 2.61 bits per heavy atom. The van der Waals surface area contributed by atoms with Gasteiger partial charge in [0.25, 0.3) is 0 Å². The summed E-state index contributed by atoms with van der Waals surface area (Å²) in [4.78, 5) is 13.2. The first-order valence-corrected chi connectivity index (χ1v) is 10.6. The summed E-state index contributed by atoms with van der Waals surface area (Å²) in [7, 11) is -2.80. The number of anilines is 1. The SMILES string of the molecule is NC(=NCC1CCS(=O)(=O)CC1)N1CCN(c2nccs2)CC1. The van der Waals surface area contributed by atoms with E-state index in [1.165, 1.54) is 0 Å². The fraction of sp³-hybridized carbons (Fsp3) is 0.714. The van der Waals surface area contributed by atoms with Crippen molar-refractivity contribution in [2.24, 2.45) is 16.6 Å². The quantitative estimate of drug-likeness (QED) is 0.622.